The minimum Gasteiger partial charge on any atom is -0.494 e. The second kappa shape index (κ2) is 8.77. The van der Waals surface area contributed by atoms with Crippen LogP contribution in [0.4, 0.5) is 17.2 Å². The number of amides is 1. The first-order chi connectivity index (χ1) is 13.5. The molecule has 2 aromatic carbocycles. The van der Waals surface area contributed by atoms with E-state index in [4.69, 9.17) is 4.74 Å². The Hall–Kier alpha value is -3.74. The SMILES string of the molecule is CCOc1ccc(NC(=O)c2cc(Nc3cccc(C(C)=O)c3)ncn2)cc1. The number of hydrogen-bond donors (Lipinski definition) is 2. The van der Waals surface area contributed by atoms with Gasteiger partial charge in [-0.2, -0.15) is 0 Å². The van der Waals surface area contributed by atoms with Crippen LogP contribution in [0.2, 0.25) is 0 Å². The van der Waals surface area contributed by atoms with Crippen molar-refractivity contribution in [3.8, 4) is 5.75 Å². The molecule has 1 heterocycles. The molecule has 0 aliphatic carbocycles. The molecule has 0 aliphatic heterocycles. The summed E-state index contributed by atoms with van der Waals surface area (Å²) < 4.78 is 5.38. The van der Waals surface area contributed by atoms with Gasteiger partial charge in [-0.25, -0.2) is 9.97 Å². The summed E-state index contributed by atoms with van der Waals surface area (Å²) in [6, 6.07) is 15.7. The molecule has 0 saturated heterocycles. The van der Waals surface area contributed by atoms with Crippen LogP contribution in [0.15, 0.2) is 60.9 Å². The molecule has 0 radical (unpaired) electrons. The molecule has 0 aliphatic rings. The van der Waals surface area contributed by atoms with Crippen molar-refractivity contribution in [2.75, 3.05) is 17.2 Å². The minimum absolute atomic E-state index is 0.0261. The van der Waals surface area contributed by atoms with Crippen molar-refractivity contribution in [2.24, 2.45) is 0 Å². The first kappa shape index (κ1) is 19.0. The summed E-state index contributed by atoms with van der Waals surface area (Å²) in [6.07, 6.45) is 1.31. The highest BCUT2D eigenvalue weighted by Crippen LogP contribution is 2.18. The smallest absolute Gasteiger partial charge is 0.274 e. The van der Waals surface area contributed by atoms with Crippen molar-refractivity contribution in [1.82, 2.24) is 9.97 Å². The quantitative estimate of drug-likeness (QED) is 0.604. The highest BCUT2D eigenvalue weighted by Gasteiger charge is 2.10. The Bertz CT molecular complexity index is 987. The lowest BCUT2D eigenvalue weighted by molar-refractivity contribution is 0.101. The van der Waals surface area contributed by atoms with Gasteiger partial charge in [0.05, 0.1) is 6.61 Å². The molecule has 0 spiro atoms. The summed E-state index contributed by atoms with van der Waals surface area (Å²) >= 11 is 0. The summed E-state index contributed by atoms with van der Waals surface area (Å²) in [6.45, 7) is 4.00. The number of rotatable bonds is 7. The normalized spacial score (nSPS) is 10.2. The standard InChI is InChI=1S/C21H20N4O3/c1-3-28-18-9-7-16(8-10-18)25-21(27)19-12-20(23-13-22-19)24-17-6-4-5-15(11-17)14(2)26/h4-13H,3H2,1-2H3,(H,25,27)(H,22,23,24). The van der Waals surface area contributed by atoms with Crippen molar-refractivity contribution in [3.63, 3.8) is 0 Å². The van der Waals surface area contributed by atoms with E-state index in [1.54, 1.807) is 48.5 Å². The molecule has 0 bridgehead atoms. The summed E-state index contributed by atoms with van der Waals surface area (Å²) in [7, 11) is 0. The van der Waals surface area contributed by atoms with Crippen LogP contribution in [0.1, 0.15) is 34.7 Å². The number of carbonyl (C=O) groups excluding carboxylic acids is 2. The average Bonchev–Trinajstić information content (AvgIpc) is 2.70. The van der Waals surface area contributed by atoms with Crippen LogP contribution < -0.4 is 15.4 Å². The second-order valence-corrected chi connectivity index (χ2v) is 5.96. The van der Waals surface area contributed by atoms with E-state index in [1.165, 1.54) is 13.3 Å². The molecule has 3 aromatic rings. The molecule has 1 amide bonds. The van der Waals surface area contributed by atoms with Crippen LogP contribution in [0, 0.1) is 0 Å². The molecule has 142 valence electrons. The summed E-state index contributed by atoms with van der Waals surface area (Å²) in [5, 5.41) is 5.87. The van der Waals surface area contributed by atoms with Crippen molar-refractivity contribution >= 4 is 28.9 Å². The third kappa shape index (κ3) is 4.91. The Morgan fingerprint density at radius 1 is 1.00 bits per heavy atom. The number of ketones is 1. The fourth-order valence-corrected chi connectivity index (χ4v) is 2.51. The highest BCUT2D eigenvalue weighted by atomic mass is 16.5. The molecule has 2 N–H and O–H groups in total. The van der Waals surface area contributed by atoms with Crippen LogP contribution in [-0.4, -0.2) is 28.3 Å². The average molecular weight is 376 g/mol. The van der Waals surface area contributed by atoms with Gasteiger partial charge in [0.1, 0.15) is 23.6 Å². The fraction of sp³-hybridized carbons (Fsp3) is 0.143. The lowest BCUT2D eigenvalue weighted by Gasteiger charge is -2.09. The van der Waals surface area contributed by atoms with Gasteiger partial charge in [-0.3, -0.25) is 9.59 Å². The molecule has 0 saturated carbocycles. The van der Waals surface area contributed by atoms with Gasteiger partial charge in [0.15, 0.2) is 5.78 Å². The first-order valence-electron chi connectivity index (χ1n) is 8.79. The topological polar surface area (TPSA) is 93.2 Å². The Balaban J connectivity index is 1.70. The second-order valence-electron chi connectivity index (χ2n) is 5.96. The van der Waals surface area contributed by atoms with Gasteiger partial charge >= 0.3 is 0 Å². The van der Waals surface area contributed by atoms with E-state index >= 15 is 0 Å². The van der Waals surface area contributed by atoms with E-state index in [0.29, 0.717) is 29.4 Å². The van der Waals surface area contributed by atoms with Crippen molar-refractivity contribution in [2.45, 2.75) is 13.8 Å². The van der Waals surface area contributed by atoms with Crippen LogP contribution >= 0.6 is 0 Å². The maximum Gasteiger partial charge on any atom is 0.274 e. The van der Waals surface area contributed by atoms with Crippen molar-refractivity contribution < 1.29 is 14.3 Å². The van der Waals surface area contributed by atoms with Crippen LogP contribution in [0.25, 0.3) is 0 Å². The lowest BCUT2D eigenvalue weighted by atomic mass is 10.1. The highest BCUT2D eigenvalue weighted by molar-refractivity contribution is 6.03. The summed E-state index contributed by atoms with van der Waals surface area (Å²) in [4.78, 5) is 32.1. The van der Waals surface area contributed by atoms with Gasteiger partial charge in [-0.15, -0.1) is 0 Å². The Kier molecular flexibility index (Phi) is 5.96. The van der Waals surface area contributed by atoms with Gasteiger partial charge in [0.25, 0.3) is 5.91 Å². The zero-order chi connectivity index (χ0) is 19.9. The van der Waals surface area contributed by atoms with E-state index in [2.05, 4.69) is 20.6 Å². The van der Waals surface area contributed by atoms with E-state index < -0.39 is 0 Å². The molecule has 7 nitrogen and oxygen atoms in total. The predicted molar refractivity (Wildman–Crippen MR) is 107 cm³/mol. The number of anilines is 3. The molecule has 0 fully saturated rings. The summed E-state index contributed by atoms with van der Waals surface area (Å²) in [5.41, 5.74) is 2.14. The summed E-state index contributed by atoms with van der Waals surface area (Å²) in [5.74, 6) is 0.809. The number of Topliss-reactive ketones (excluding diaryl/α,β-unsaturated/α-hetero) is 1. The monoisotopic (exact) mass is 376 g/mol. The number of nitrogens with zero attached hydrogens (tertiary/aromatic N) is 2. The molecule has 7 heteroatoms. The zero-order valence-corrected chi connectivity index (χ0v) is 15.6. The van der Waals surface area contributed by atoms with E-state index in [9.17, 15) is 9.59 Å². The third-order valence-corrected chi connectivity index (χ3v) is 3.86. The van der Waals surface area contributed by atoms with Gasteiger partial charge in [-0.1, -0.05) is 12.1 Å². The van der Waals surface area contributed by atoms with Gasteiger partial charge < -0.3 is 15.4 Å². The van der Waals surface area contributed by atoms with Gasteiger partial charge in [0, 0.05) is 23.0 Å². The number of aromatic nitrogens is 2. The Labute approximate surface area is 162 Å². The van der Waals surface area contributed by atoms with Gasteiger partial charge in [-0.05, 0) is 50.2 Å². The van der Waals surface area contributed by atoms with Crippen LogP contribution in [-0.2, 0) is 0 Å². The molecular weight excluding hydrogens is 356 g/mol. The molecular formula is C21H20N4O3. The predicted octanol–water partition coefficient (Wildman–Crippen LogP) is 4.07. The maximum atomic E-state index is 12.5. The molecule has 3 rings (SSSR count). The number of ether oxygens (including phenoxy) is 1. The Morgan fingerprint density at radius 2 is 1.79 bits per heavy atom. The molecule has 1 aromatic heterocycles. The maximum absolute atomic E-state index is 12.5. The van der Waals surface area contributed by atoms with Crippen LogP contribution in [0.3, 0.4) is 0 Å². The molecule has 28 heavy (non-hydrogen) atoms. The van der Waals surface area contributed by atoms with Crippen molar-refractivity contribution in [1.29, 1.82) is 0 Å². The van der Waals surface area contributed by atoms with E-state index in [1.807, 2.05) is 13.0 Å². The number of hydrogen-bond acceptors (Lipinski definition) is 6. The minimum atomic E-state index is -0.355. The number of benzene rings is 2. The molecule has 0 unspecified atom stereocenters. The zero-order valence-electron chi connectivity index (χ0n) is 15.6. The van der Waals surface area contributed by atoms with Gasteiger partial charge in [0.2, 0.25) is 0 Å². The van der Waals surface area contributed by atoms with Crippen LogP contribution in [0.5, 0.6) is 5.75 Å². The third-order valence-electron chi connectivity index (χ3n) is 3.86. The molecule has 0 atom stereocenters. The van der Waals surface area contributed by atoms with E-state index in [-0.39, 0.29) is 17.4 Å². The number of carbonyl (C=O) groups is 2. The lowest BCUT2D eigenvalue weighted by Crippen LogP contribution is -2.14. The Morgan fingerprint density at radius 3 is 2.50 bits per heavy atom. The first-order valence-corrected chi connectivity index (χ1v) is 8.79. The largest absolute Gasteiger partial charge is 0.494 e. The fourth-order valence-electron chi connectivity index (χ4n) is 2.51. The van der Waals surface area contributed by atoms with E-state index in [0.717, 1.165) is 5.75 Å². The van der Waals surface area contributed by atoms with Crippen molar-refractivity contribution in [3.05, 3.63) is 72.2 Å². The number of nitrogens with one attached hydrogen (secondary N) is 2.